The van der Waals surface area contributed by atoms with Crippen molar-refractivity contribution in [2.75, 3.05) is 26.7 Å². The highest BCUT2D eigenvalue weighted by Crippen LogP contribution is 2.23. The third-order valence-corrected chi connectivity index (χ3v) is 4.01. The number of rotatable bonds is 4. The number of piperidine rings is 1. The Bertz CT molecular complexity index is 430. The van der Waals surface area contributed by atoms with Crippen molar-refractivity contribution >= 4 is 17.5 Å². The zero-order valence-corrected chi connectivity index (χ0v) is 12.0. The van der Waals surface area contributed by atoms with Crippen LogP contribution in [0.4, 0.5) is 0 Å². The second-order valence-corrected chi connectivity index (χ2v) is 5.39. The van der Waals surface area contributed by atoms with Crippen LogP contribution in [0.5, 0.6) is 0 Å². The molecule has 0 atom stereocenters. The summed E-state index contributed by atoms with van der Waals surface area (Å²) in [6.07, 6.45) is 6.48. The maximum Gasteiger partial charge on any atom is 0.255 e. The molecule has 1 aromatic rings. The molecule has 0 spiro atoms. The van der Waals surface area contributed by atoms with E-state index in [2.05, 4.69) is 10.3 Å². The van der Waals surface area contributed by atoms with E-state index in [1.165, 1.54) is 12.6 Å². The van der Waals surface area contributed by atoms with Crippen molar-refractivity contribution in [3.63, 3.8) is 0 Å². The number of pyridine rings is 1. The van der Waals surface area contributed by atoms with Crippen LogP contribution in [0.25, 0.3) is 0 Å². The fourth-order valence-corrected chi connectivity index (χ4v) is 2.69. The zero-order valence-electron chi connectivity index (χ0n) is 11.2. The van der Waals surface area contributed by atoms with Gasteiger partial charge in [-0.1, -0.05) is 11.6 Å². The van der Waals surface area contributed by atoms with Gasteiger partial charge in [-0.15, -0.1) is 0 Å². The largest absolute Gasteiger partial charge is 0.339 e. The smallest absolute Gasteiger partial charge is 0.255 e. The molecule has 1 fully saturated rings. The minimum Gasteiger partial charge on any atom is -0.339 e. The SMILES string of the molecule is CNCCC1CCN(C(=O)c2ccncc2Cl)CC1. The Labute approximate surface area is 119 Å². The molecular formula is C14H20ClN3O. The number of nitrogens with one attached hydrogen (secondary N) is 1. The Morgan fingerprint density at radius 1 is 1.53 bits per heavy atom. The van der Waals surface area contributed by atoms with Gasteiger partial charge in [-0.2, -0.15) is 0 Å². The van der Waals surface area contributed by atoms with Gasteiger partial charge in [-0.3, -0.25) is 9.78 Å². The van der Waals surface area contributed by atoms with Crippen molar-refractivity contribution in [3.05, 3.63) is 29.0 Å². The fourth-order valence-electron chi connectivity index (χ4n) is 2.49. The number of halogens is 1. The van der Waals surface area contributed by atoms with E-state index in [-0.39, 0.29) is 5.91 Å². The highest BCUT2D eigenvalue weighted by molar-refractivity contribution is 6.33. The van der Waals surface area contributed by atoms with Gasteiger partial charge >= 0.3 is 0 Å². The summed E-state index contributed by atoms with van der Waals surface area (Å²) >= 11 is 6.02. The second-order valence-electron chi connectivity index (χ2n) is 4.98. The van der Waals surface area contributed by atoms with Crippen molar-refractivity contribution in [1.29, 1.82) is 0 Å². The number of nitrogens with zero attached hydrogens (tertiary/aromatic N) is 2. The predicted octanol–water partition coefficient (Wildman–Crippen LogP) is 2.20. The van der Waals surface area contributed by atoms with Gasteiger partial charge in [0.1, 0.15) is 0 Å². The first-order valence-electron chi connectivity index (χ1n) is 6.75. The van der Waals surface area contributed by atoms with Crippen LogP contribution in [0.3, 0.4) is 0 Å². The highest BCUT2D eigenvalue weighted by Gasteiger charge is 2.24. The topological polar surface area (TPSA) is 45.2 Å². The van der Waals surface area contributed by atoms with Gasteiger partial charge in [-0.05, 0) is 44.8 Å². The van der Waals surface area contributed by atoms with Gasteiger partial charge in [0, 0.05) is 25.5 Å². The van der Waals surface area contributed by atoms with Crippen molar-refractivity contribution in [2.45, 2.75) is 19.3 Å². The Balaban J connectivity index is 1.91. The van der Waals surface area contributed by atoms with E-state index < -0.39 is 0 Å². The third kappa shape index (κ3) is 3.67. The molecular weight excluding hydrogens is 262 g/mol. The highest BCUT2D eigenvalue weighted by atomic mass is 35.5. The lowest BCUT2D eigenvalue weighted by molar-refractivity contribution is 0.0687. The summed E-state index contributed by atoms with van der Waals surface area (Å²) in [7, 11) is 1.98. The molecule has 0 radical (unpaired) electrons. The number of aromatic nitrogens is 1. The van der Waals surface area contributed by atoms with Gasteiger partial charge in [0.2, 0.25) is 0 Å². The van der Waals surface area contributed by atoms with Crippen LogP contribution in [0.1, 0.15) is 29.6 Å². The Kier molecular flexibility index (Phi) is 5.16. The molecule has 2 heterocycles. The minimum absolute atomic E-state index is 0.0273. The minimum atomic E-state index is 0.0273. The molecule has 0 aromatic carbocycles. The van der Waals surface area contributed by atoms with Gasteiger partial charge in [0.15, 0.2) is 0 Å². The fraction of sp³-hybridized carbons (Fsp3) is 0.571. The van der Waals surface area contributed by atoms with E-state index in [0.29, 0.717) is 10.6 Å². The molecule has 1 aliphatic rings. The van der Waals surface area contributed by atoms with E-state index in [0.717, 1.165) is 38.4 Å². The van der Waals surface area contributed by atoms with Crippen LogP contribution in [0, 0.1) is 5.92 Å². The van der Waals surface area contributed by atoms with Crippen LogP contribution in [-0.4, -0.2) is 42.5 Å². The summed E-state index contributed by atoms with van der Waals surface area (Å²) in [5.41, 5.74) is 0.561. The number of carbonyl (C=O) groups is 1. The molecule has 5 heteroatoms. The van der Waals surface area contributed by atoms with Gasteiger partial charge in [-0.25, -0.2) is 0 Å². The molecule has 0 saturated carbocycles. The Morgan fingerprint density at radius 3 is 2.89 bits per heavy atom. The number of likely N-dealkylation sites (tertiary alicyclic amines) is 1. The molecule has 1 N–H and O–H groups in total. The number of hydrogen-bond acceptors (Lipinski definition) is 3. The van der Waals surface area contributed by atoms with Crippen LogP contribution >= 0.6 is 11.6 Å². The number of amides is 1. The van der Waals surface area contributed by atoms with E-state index in [1.807, 2.05) is 11.9 Å². The third-order valence-electron chi connectivity index (χ3n) is 3.71. The molecule has 1 saturated heterocycles. The van der Waals surface area contributed by atoms with Gasteiger partial charge in [0.05, 0.1) is 10.6 Å². The first kappa shape index (κ1) is 14.3. The first-order chi connectivity index (χ1) is 9.22. The summed E-state index contributed by atoms with van der Waals surface area (Å²) < 4.78 is 0. The van der Waals surface area contributed by atoms with Crippen LogP contribution in [-0.2, 0) is 0 Å². The Morgan fingerprint density at radius 2 is 2.26 bits per heavy atom. The van der Waals surface area contributed by atoms with Gasteiger partial charge < -0.3 is 10.2 Å². The van der Waals surface area contributed by atoms with E-state index in [4.69, 9.17) is 11.6 Å². The van der Waals surface area contributed by atoms with Crippen molar-refractivity contribution < 1.29 is 4.79 Å². The van der Waals surface area contributed by atoms with Crippen molar-refractivity contribution in [2.24, 2.45) is 5.92 Å². The summed E-state index contributed by atoms with van der Waals surface area (Å²) in [4.78, 5) is 18.2. The molecule has 1 amide bonds. The maximum absolute atomic E-state index is 12.3. The van der Waals surface area contributed by atoms with E-state index in [9.17, 15) is 4.79 Å². The second kappa shape index (κ2) is 6.87. The Hall–Kier alpha value is -1.13. The quantitative estimate of drug-likeness (QED) is 0.920. The molecule has 0 unspecified atom stereocenters. The van der Waals surface area contributed by atoms with Crippen molar-refractivity contribution in [1.82, 2.24) is 15.2 Å². The van der Waals surface area contributed by atoms with Crippen LogP contribution in [0.15, 0.2) is 18.5 Å². The zero-order chi connectivity index (χ0) is 13.7. The number of carbonyl (C=O) groups excluding carboxylic acids is 1. The summed E-state index contributed by atoms with van der Waals surface area (Å²) in [5.74, 6) is 0.754. The molecule has 0 bridgehead atoms. The van der Waals surface area contributed by atoms with Gasteiger partial charge in [0.25, 0.3) is 5.91 Å². The first-order valence-corrected chi connectivity index (χ1v) is 7.13. The molecule has 2 rings (SSSR count). The van der Waals surface area contributed by atoms with E-state index >= 15 is 0 Å². The molecule has 0 aliphatic carbocycles. The maximum atomic E-state index is 12.3. The molecule has 4 nitrogen and oxygen atoms in total. The van der Waals surface area contributed by atoms with Crippen LogP contribution in [0.2, 0.25) is 5.02 Å². The standard InChI is InChI=1S/C14H20ClN3O/c1-16-6-2-11-4-8-18(9-5-11)14(19)12-3-7-17-10-13(12)15/h3,7,10-11,16H,2,4-6,8-9H2,1H3. The molecule has 19 heavy (non-hydrogen) atoms. The van der Waals surface area contributed by atoms with E-state index in [1.54, 1.807) is 12.3 Å². The predicted molar refractivity (Wildman–Crippen MR) is 76.4 cm³/mol. The molecule has 1 aromatic heterocycles. The molecule has 104 valence electrons. The lowest BCUT2D eigenvalue weighted by Crippen LogP contribution is -2.39. The number of hydrogen-bond donors (Lipinski definition) is 1. The lowest BCUT2D eigenvalue weighted by atomic mass is 9.93. The monoisotopic (exact) mass is 281 g/mol. The average Bonchev–Trinajstić information content (AvgIpc) is 2.45. The van der Waals surface area contributed by atoms with Crippen molar-refractivity contribution in [3.8, 4) is 0 Å². The molecule has 1 aliphatic heterocycles. The lowest BCUT2D eigenvalue weighted by Gasteiger charge is -2.32. The van der Waals surface area contributed by atoms with Crippen LogP contribution < -0.4 is 5.32 Å². The average molecular weight is 282 g/mol. The summed E-state index contributed by atoms with van der Waals surface area (Å²) in [5, 5.41) is 3.61. The summed E-state index contributed by atoms with van der Waals surface area (Å²) in [6.45, 7) is 2.70. The summed E-state index contributed by atoms with van der Waals surface area (Å²) in [6, 6.07) is 1.69. The normalized spacial score (nSPS) is 16.6.